The first-order chi connectivity index (χ1) is 26.1. The SMILES string of the molecule is [Se]=P(c1ccccc1)(c1ccccc1)c1cnc2cc(-c3ccc4nc5c6c7ccccc7ccc6c6cc7ccccc7cc6n5c4c3)ccc2c1. The number of imidazole rings is 1. The zero-order valence-electron chi connectivity index (χ0n) is 28.5. The van der Waals surface area contributed by atoms with Gasteiger partial charge in [-0.3, -0.25) is 0 Å². The van der Waals surface area contributed by atoms with Crippen LogP contribution < -0.4 is 15.9 Å². The standard InChI is InChI=1S/C48H30N3PSe/c53-52(37-14-3-1-4-15-37,38-16-5-2-6-17-38)39-25-36-20-19-34(27-44(36)49-30-39)35-22-24-43-46(29-35)51-45-28-33-13-8-7-12-32(33)26-42(45)41-23-21-31-11-9-10-18-40(31)47(41)48(51)50-43/h1-30H. The van der Waals surface area contributed by atoms with Crippen molar-refractivity contribution in [1.82, 2.24) is 14.4 Å². The van der Waals surface area contributed by atoms with E-state index in [1.54, 1.807) is 0 Å². The van der Waals surface area contributed by atoms with Crippen LogP contribution in [0.25, 0.3) is 81.9 Å². The number of pyridine rings is 2. The summed E-state index contributed by atoms with van der Waals surface area (Å²) < 4.78 is 2.38. The molecule has 0 bridgehead atoms. The van der Waals surface area contributed by atoms with E-state index in [9.17, 15) is 0 Å². The average molecular weight is 759 g/mol. The van der Waals surface area contributed by atoms with Gasteiger partial charge in [-0.2, -0.15) is 0 Å². The molecule has 0 fully saturated rings. The van der Waals surface area contributed by atoms with E-state index >= 15 is 0 Å². The summed E-state index contributed by atoms with van der Waals surface area (Å²) in [7, 11) is 0. The van der Waals surface area contributed by atoms with E-state index in [-0.39, 0.29) is 0 Å². The minimum absolute atomic E-state index is 0.978. The summed E-state index contributed by atoms with van der Waals surface area (Å²) in [4.78, 5) is 10.5. The molecule has 3 aromatic heterocycles. The van der Waals surface area contributed by atoms with Crippen LogP contribution in [0.3, 0.4) is 0 Å². The van der Waals surface area contributed by atoms with Gasteiger partial charge in [0, 0.05) is 10.8 Å². The minimum atomic E-state index is -2.01. The van der Waals surface area contributed by atoms with E-state index in [2.05, 4.69) is 202 Å². The molecular formula is C48H30N3PSe. The predicted octanol–water partition coefficient (Wildman–Crippen LogP) is 10.7. The quantitative estimate of drug-likeness (QED) is 0.0774. The van der Waals surface area contributed by atoms with Gasteiger partial charge in [-0.15, -0.1) is 0 Å². The van der Waals surface area contributed by atoms with Crippen LogP contribution in [0, 0.1) is 0 Å². The second-order valence-electron chi connectivity index (χ2n) is 13.8. The molecule has 0 radical (unpaired) electrons. The molecule has 11 aromatic rings. The third kappa shape index (κ3) is 4.70. The molecule has 0 atom stereocenters. The molecule has 0 saturated heterocycles. The fraction of sp³-hybridized carbons (Fsp3) is 0. The molecule has 0 saturated carbocycles. The summed E-state index contributed by atoms with van der Waals surface area (Å²) in [5.74, 6) is 0. The van der Waals surface area contributed by atoms with Gasteiger partial charge in [0.2, 0.25) is 0 Å². The molecule has 0 amide bonds. The van der Waals surface area contributed by atoms with Gasteiger partial charge in [0.25, 0.3) is 0 Å². The van der Waals surface area contributed by atoms with Crippen LogP contribution in [0.5, 0.6) is 0 Å². The summed E-state index contributed by atoms with van der Waals surface area (Å²) in [5, 5.41) is 13.5. The zero-order valence-corrected chi connectivity index (χ0v) is 31.1. The van der Waals surface area contributed by atoms with Crippen molar-refractivity contribution in [2.24, 2.45) is 0 Å². The van der Waals surface area contributed by atoms with Gasteiger partial charge in [0.05, 0.1) is 0 Å². The van der Waals surface area contributed by atoms with E-state index in [1.165, 1.54) is 53.6 Å². The Morgan fingerprint density at radius 3 is 1.85 bits per heavy atom. The summed E-state index contributed by atoms with van der Waals surface area (Å²) in [6.45, 7) is 0. The van der Waals surface area contributed by atoms with Gasteiger partial charge in [-0.1, -0.05) is 60.7 Å². The van der Waals surface area contributed by atoms with Crippen molar-refractivity contribution in [3.63, 3.8) is 0 Å². The van der Waals surface area contributed by atoms with E-state index in [1.807, 2.05) is 0 Å². The number of hydrogen-bond acceptors (Lipinski definition) is 2. The van der Waals surface area contributed by atoms with E-state index in [0.29, 0.717) is 0 Å². The molecule has 0 aliphatic rings. The third-order valence-electron chi connectivity index (χ3n) is 10.8. The Labute approximate surface area is 313 Å². The first-order valence-corrected chi connectivity index (χ1v) is 21.8. The second-order valence-corrected chi connectivity index (χ2v) is 20.0. The molecule has 0 N–H and O–H groups in total. The van der Waals surface area contributed by atoms with Crippen molar-refractivity contribution in [2.75, 3.05) is 0 Å². The van der Waals surface area contributed by atoms with Gasteiger partial charge < -0.3 is 0 Å². The molecule has 0 aliphatic carbocycles. The molecule has 53 heavy (non-hydrogen) atoms. The topological polar surface area (TPSA) is 30.2 Å². The van der Waals surface area contributed by atoms with Gasteiger partial charge >= 0.3 is 204 Å². The van der Waals surface area contributed by atoms with Crippen molar-refractivity contribution >= 4 is 107 Å². The number of fused-ring (bicyclic) bond motifs is 12. The maximum absolute atomic E-state index is 5.34. The number of aromatic nitrogens is 3. The van der Waals surface area contributed by atoms with Crippen LogP contribution in [-0.2, 0) is 0 Å². The average Bonchev–Trinajstić information content (AvgIpc) is 3.62. The predicted molar refractivity (Wildman–Crippen MR) is 228 cm³/mol. The van der Waals surface area contributed by atoms with Crippen LogP contribution >= 0.6 is 5.51 Å². The normalized spacial score (nSPS) is 12.2. The summed E-state index contributed by atoms with van der Waals surface area (Å²) >= 11 is 3.68. The summed E-state index contributed by atoms with van der Waals surface area (Å²) in [6.07, 6.45) is 2.08. The molecule has 248 valence electrons. The van der Waals surface area contributed by atoms with Gasteiger partial charge in [0.1, 0.15) is 0 Å². The van der Waals surface area contributed by atoms with Gasteiger partial charge in [-0.05, 0) is 39.1 Å². The van der Waals surface area contributed by atoms with Gasteiger partial charge in [-0.25, -0.2) is 0 Å². The van der Waals surface area contributed by atoms with Crippen LogP contribution in [-0.4, -0.2) is 29.5 Å². The number of hydrogen-bond donors (Lipinski definition) is 0. The van der Waals surface area contributed by atoms with Crippen LogP contribution in [0.15, 0.2) is 182 Å². The molecule has 8 aromatic carbocycles. The van der Waals surface area contributed by atoms with Crippen molar-refractivity contribution in [1.29, 1.82) is 0 Å². The zero-order chi connectivity index (χ0) is 35.1. The van der Waals surface area contributed by atoms with Crippen LogP contribution in [0.1, 0.15) is 0 Å². The van der Waals surface area contributed by atoms with E-state index in [4.69, 9.17) is 9.97 Å². The second kappa shape index (κ2) is 11.8. The summed E-state index contributed by atoms with van der Waals surface area (Å²) in [5.41, 5.74) is 5.46. The Kier molecular flexibility index (Phi) is 6.85. The fourth-order valence-electron chi connectivity index (χ4n) is 8.22. The number of rotatable bonds is 4. The Morgan fingerprint density at radius 1 is 0.434 bits per heavy atom. The van der Waals surface area contributed by atoms with Crippen molar-refractivity contribution in [3.05, 3.63) is 182 Å². The van der Waals surface area contributed by atoms with Crippen molar-refractivity contribution < 1.29 is 0 Å². The molecule has 0 unspecified atom stereocenters. The fourth-order valence-corrected chi connectivity index (χ4v) is 13.0. The molecule has 5 heteroatoms. The maximum atomic E-state index is 5.34. The Bertz CT molecular complexity index is 3270. The molecular weight excluding hydrogens is 728 g/mol. The molecule has 0 spiro atoms. The first kappa shape index (κ1) is 30.7. The number of benzene rings is 8. The van der Waals surface area contributed by atoms with Crippen molar-refractivity contribution in [2.45, 2.75) is 0 Å². The Balaban J connectivity index is 1.11. The van der Waals surface area contributed by atoms with Crippen LogP contribution in [0.2, 0.25) is 0 Å². The summed E-state index contributed by atoms with van der Waals surface area (Å²) in [6, 6.07) is 63.8. The number of nitrogens with zero attached hydrogens (tertiary/aromatic N) is 3. The van der Waals surface area contributed by atoms with Crippen LogP contribution in [0.4, 0.5) is 0 Å². The van der Waals surface area contributed by atoms with Gasteiger partial charge in [0.15, 0.2) is 0 Å². The van der Waals surface area contributed by atoms with Crippen molar-refractivity contribution in [3.8, 4) is 11.1 Å². The van der Waals surface area contributed by atoms with E-state index < -0.39 is 5.51 Å². The molecule has 11 rings (SSSR count). The molecule has 0 aliphatic heterocycles. The van der Waals surface area contributed by atoms with E-state index in [0.717, 1.165) is 44.2 Å². The molecule has 3 nitrogen and oxygen atoms in total. The molecule has 3 heterocycles. The monoisotopic (exact) mass is 759 g/mol. The Hall–Kier alpha value is -5.89. The third-order valence-corrected chi connectivity index (χ3v) is 17.8. The first-order valence-electron chi connectivity index (χ1n) is 17.8. The Morgan fingerprint density at radius 2 is 1.08 bits per heavy atom.